The third kappa shape index (κ3) is 4.31. The normalized spacial score (nSPS) is 11.2. The van der Waals surface area contributed by atoms with Crippen molar-refractivity contribution in [2.75, 3.05) is 6.61 Å². The molecule has 0 radical (unpaired) electrons. The van der Waals surface area contributed by atoms with Crippen molar-refractivity contribution < 1.29 is 14.3 Å². The second-order valence-electron chi connectivity index (χ2n) is 7.49. The molecule has 2 aromatic heterocycles. The summed E-state index contributed by atoms with van der Waals surface area (Å²) >= 11 is 0. The van der Waals surface area contributed by atoms with Crippen molar-refractivity contribution in [1.29, 1.82) is 0 Å². The first-order valence-electron chi connectivity index (χ1n) is 10.2. The summed E-state index contributed by atoms with van der Waals surface area (Å²) in [5.41, 5.74) is 1.88. The molecule has 33 heavy (non-hydrogen) atoms. The molecule has 0 aliphatic rings. The summed E-state index contributed by atoms with van der Waals surface area (Å²) < 4.78 is 7.32. The van der Waals surface area contributed by atoms with Crippen molar-refractivity contribution in [2.24, 2.45) is 14.1 Å². The molecule has 1 N–H and O–H groups in total. The lowest BCUT2D eigenvalue weighted by Crippen LogP contribution is -2.37. The molecule has 0 unspecified atom stereocenters. The summed E-state index contributed by atoms with van der Waals surface area (Å²) in [6.07, 6.45) is 3.65. The van der Waals surface area contributed by atoms with Gasteiger partial charge in [0.1, 0.15) is 0 Å². The average molecular weight is 443 g/mol. The standard InChI is InChI=1S/C25H21N3O5/c1-27-14-17(24(31)28(2)25(27)32)12-13-21(30)33-15-20(29)22-18-10-6-7-11-19(18)26-23(22)16-8-4-3-5-9-16/h3-14,26H,15H2,1-2H3/b13-12+. The first kappa shape index (κ1) is 21.8. The lowest BCUT2D eigenvalue weighted by molar-refractivity contribution is -0.136. The van der Waals surface area contributed by atoms with Gasteiger partial charge in [0.05, 0.1) is 16.8 Å². The topological polar surface area (TPSA) is 103 Å². The minimum Gasteiger partial charge on any atom is -0.454 e. The Labute approximate surface area is 188 Å². The molecule has 0 saturated heterocycles. The zero-order valence-corrected chi connectivity index (χ0v) is 18.1. The van der Waals surface area contributed by atoms with E-state index < -0.39 is 23.8 Å². The van der Waals surface area contributed by atoms with Crippen LogP contribution in [-0.2, 0) is 23.6 Å². The molecule has 2 heterocycles. The maximum Gasteiger partial charge on any atom is 0.331 e. The maximum atomic E-state index is 13.1. The van der Waals surface area contributed by atoms with Crippen LogP contribution in [0.5, 0.6) is 0 Å². The number of ether oxygens (including phenoxy) is 1. The molecule has 2 aromatic carbocycles. The zero-order valence-electron chi connectivity index (χ0n) is 18.1. The number of nitrogens with one attached hydrogen (secondary N) is 1. The molecule has 0 atom stereocenters. The number of para-hydroxylation sites is 1. The van der Waals surface area contributed by atoms with Crippen LogP contribution in [0.1, 0.15) is 15.9 Å². The Kier molecular flexibility index (Phi) is 5.91. The lowest BCUT2D eigenvalue weighted by atomic mass is 10.0. The highest BCUT2D eigenvalue weighted by Gasteiger charge is 2.20. The van der Waals surface area contributed by atoms with Crippen LogP contribution in [-0.4, -0.2) is 32.5 Å². The second kappa shape index (κ2) is 8.96. The van der Waals surface area contributed by atoms with Gasteiger partial charge >= 0.3 is 11.7 Å². The number of hydrogen-bond donors (Lipinski definition) is 1. The predicted octanol–water partition coefficient (Wildman–Crippen LogP) is 2.67. The predicted molar refractivity (Wildman–Crippen MR) is 125 cm³/mol. The molecule has 0 bridgehead atoms. The maximum absolute atomic E-state index is 13.1. The van der Waals surface area contributed by atoms with E-state index in [1.165, 1.54) is 30.9 Å². The van der Waals surface area contributed by atoms with Gasteiger partial charge in [0.25, 0.3) is 5.56 Å². The summed E-state index contributed by atoms with van der Waals surface area (Å²) in [6, 6.07) is 16.9. The highest BCUT2D eigenvalue weighted by atomic mass is 16.5. The summed E-state index contributed by atoms with van der Waals surface area (Å²) in [5, 5.41) is 0.738. The van der Waals surface area contributed by atoms with Gasteiger partial charge in [0.15, 0.2) is 6.61 Å². The Morgan fingerprint density at radius 1 is 1.00 bits per heavy atom. The zero-order chi connectivity index (χ0) is 23.5. The Hall–Kier alpha value is -4.46. The van der Waals surface area contributed by atoms with Crippen molar-refractivity contribution in [1.82, 2.24) is 14.1 Å². The van der Waals surface area contributed by atoms with E-state index >= 15 is 0 Å². The summed E-state index contributed by atoms with van der Waals surface area (Å²) in [4.78, 5) is 52.5. The van der Waals surface area contributed by atoms with Crippen molar-refractivity contribution >= 4 is 28.7 Å². The van der Waals surface area contributed by atoms with Crippen LogP contribution in [0.15, 0.2) is 76.5 Å². The van der Waals surface area contributed by atoms with Crippen molar-refractivity contribution in [3.05, 3.63) is 98.8 Å². The number of fused-ring (bicyclic) bond motifs is 1. The molecule has 4 aromatic rings. The van der Waals surface area contributed by atoms with E-state index in [4.69, 9.17) is 4.74 Å². The van der Waals surface area contributed by atoms with Crippen LogP contribution >= 0.6 is 0 Å². The first-order valence-corrected chi connectivity index (χ1v) is 10.2. The molecule has 0 spiro atoms. The number of aromatic nitrogens is 3. The second-order valence-corrected chi connectivity index (χ2v) is 7.49. The minimum absolute atomic E-state index is 0.144. The van der Waals surface area contributed by atoms with Gasteiger partial charge in [-0.3, -0.25) is 14.2 Å². The van der Waals surface area contributed by atoms with Crippen LogP contribution in [0.2, 0.25) is 0 Å². The van der Waals surface area contributed by atoms with Crippen LogP contribution in [0.3, 0.4) is 0 Å². The molecule has 0 amide bonds. The lowest BCUT2D eigenvalue weighted by Gasteiger charge is -2.06. The Morgan fingerprint density at radius 2 is 1.70 bits per heavy atom. The largest absolute Gasteiger partial charge is 0.454 e. The number of Topliss-reactive ketones (excluding diaryl/α,β-unsaturated/α-hetero) is 1. The van der Waals surface area contributed by atoms with Gasteiger partial charge in [-0.15, -0.1) is 0 Å². The molecule has 0 saturated carbocycles. The van der Waals surface area contributed by atoms with Crippen LogP contribution < -0.4 is 11.2 Å². The van der Waals surface area contributed by atoms with Gasteiger partial charge in [0.2, 0.25) is 5.78 Å². The molecule has 0 aliphatic heterocycles. The number of aromatic amines is 1. The van der Waals surface area contributed by atoms with Crippen LogP contribution in [0, 0.1) is 0 Å². The van der Waals surface area contributed by atoms with Crippen LogP contribution in [0.4, 0.5) is 0 Å². The van der Waals surface area contributed by atoms with E-state index in [9.17, 15) is 19.2 Å². The number of nitrogens with zero attached hydrogens (tertiary/aromatic N) is 2. The molecule has 8 nitrogen and oxygen atoms in total. The number of carbonyl (C=O) groups is 2. The van der Waals surface area contributed by atoms with E-state index in [0.717, 1.165) is 27.1 Å². The Balaban J connectivity index is 1.55. The number of esters is 1. The fourth-order valence-electron chi connectivity index (χ4n) is 3.62. The Bertz CT molecular complexity index is 1510. The average Bonchev–Trinajstić information content (AvgIpc) is 3.23. The number of rotatable bonds is 6. The van der Waals surface area contributed by atoms with E-state index in [2.05, 4.69) is 4.98 Å². The van der Waals surface area contributed by atoms with Gasteiger partial charge in [-0.25, -0.2) is 9.59 Å². The summed E-state index contributed by atoms with van der Waals surface area (Å²) in [6.45, 7) is -0.462. The van der Waals surface area contributed by atoms with Crippen molar-refractivity contribution in [3.8, 4) is 11.3 Å². The fraction of sp³-hybridized carbons (Fsp3) is 0.120. The molecule has 4 rings (SSSR count). The number of H-pyrrole nitrogens is 1. The number of ketones is 1. The van der Waals surface area contributed by atoms with Gasteiger partial charge in [-0.2, -0.15) is 0 Å². The third-order valence-electron chi connectivity index (χ3n) is 5.26. The van der Waals surface area contributed by atoms with E-state index in [0.29, 0.717) is 11.3 Å². The molecule has 166 valence electrons. The highest BCUT2D eigenvalue weighted by Crippen LogP contribution is 2.30. The van der Waals surface area contributed by atoms with E-state index in [-0.39, 0.29) is 11.3 Å². The molecule has 0 aliphatic carbocycles. The van der Waals surface area contributed by atoms with E-state index in [1.807, 2.05) is 54.6 Å². The number of benzene rings is 2. The number of carbonyl (C=O) groups excluding carboxylic acids is 2. The molecular weight excluding hydrogens is 422 g/mol. The third-order valence-corrected chi connectivity index (χ3v) is 5.26. The summed E-state index contributed by atoms with van der Waals surface area (Å²) in [5.74, 6) is -1.13. The van der Waals surface area contributed by atoms with Crippen molar-refractivity contribution in [2.45, 2.75) is 0 Å². The van der Waals surface area contributed by atoms with Gasteiger partial charge in [-0.1, -0.05) is 48.5 Å². The Morgan fingerprint density at radius 3 is 2.45 bits per heavy atom. The minimum atomic E-state index is -0.777. The van der Waals surface area contributed by atoms with Gasteiger partial charge in [0, 0.05) is 37.3 Å². The monoisotopic (exact) mass is 443 g/mol. The van der Waals surface area contributed by atoms with Crippen molar-refractivity contribution in [3.63, 3.8) is 0 Å². The molecule has 8 heteroatoms. The SMILES string of the molecule is Cn1cc(/C=C/C(=O)OCC(=O)c2c(-c3ccccc3)[nH]c3ccccc23)c(=O)n(C)c1=O. The number of hydrogen-bond acceptors (Lipinski definition) is 5. The number of aryl methyl sites for hydroxylation is 1. The summed E-state index contributed by atoms with van der Waals surface area (Å²) in [7, 11) is 2.85. The highest BCUT2D eigenvalue weighted by molar-refractivity contribution is 6.14. The van der Waals surface area contributed by atoms with Crippen LogP contribution in [0.25, 0.3) is 28.2 Å². The smallest absolute Gasteiger partial charge is 0.331 e. The van der Waals surface area contributed by atoms with Gasteiger partial charge < -0.3 is 14.3 Å². The van der Waals surface area contributed by atoms with Gasteiger partial charge in [-0.05, 0) is 17.7 Å². The fourth-order valence-corrected chi connectivity index (χ4v) is 3.62. The molecule has 0 fully saturated rings. The van der Waals surface area contributed by atoms with E-state index in [1.54, 1.807) is 0 Å². The first-order chi connectivity index (χ1) is 15.9. The quantitative estimate of drug-likeness (QED) is 0.280. The molecular formula is C25H21N3O5.